The van der Waals surface area contributed by atoms with Gasteiger partial charge < -0.3 is 16.0 Å². The van der Waals surface area contributed by atoms with Gasteiger partial charge in [-0.1, -0.05) is 46.9 Å². The molecule has 0 spiro atoms. The molecule has 5 rings (SSSR count). The predicted octanol–water partition coefficient (Wildman–Crippen LogP) is 5.65. The van der Waals surface area contributed by atoms with Crippen molar-refractivity contribution in [3.63, 3.8) is 0 Å². The second-order valence-corrected chi connectivity index (χ2v) is 9.90. The molecule has 0 aliphatic carbocycles. The maximum Gasteiger partial charge on any atom is 0.251 e. The van der Waals surface area contributed by atoms with Crippen LogP contribution in [0.25, 0.3) is 11.3 Å². The van der Waals surface area contributed by atoms with Crippen molar-refractivity contribution in [3.8, 4) is 11.3 Å². The number of rotatable bonds is 9. The fraction of sp³-hybridized carbons (Fsp3) is 0.200. The van der Waals surface area contributed by atoms with Crippen LogP contribution in [-0.4, -0.2) is 41.7 Å². The van der Waals surface area contributed by atoms with E-state index in [0.717, 1.165) is 51.0 Å². The summed E-state index contributed by atoms with van der Waals surface area (Å²) >= 11 is 2.32. The van der Waals surface area contributed by atoms with Gasteiger partial charge in [-0.3, -0.25) is 9.79 Å². The Morgan fingerprint density at radius 3 is 2.59 bits per heavy atom. The Labute approximate surface area is 240 Å². The van der Waals surface area contributed by atoms with E-state index in [9.17, 15) is 9.18 Å². The van der Waals surface area contributed by atoms with Crippen molar-refractivity contribution < 1.29 is 9.18 Å². The number of hydrogen-bond acceptors (Lipinski definition) is 6. The molecule has 198 valence electrons. The van der Waals surface area contributed by atoms with Crippen LogP contribution in [0.3, 0.4) is 0 Å². The lowest BCUT2D eigenvalue weighted by molar-refractivity contribution is 0.0953. The molecule has 0 fully saturated rings. The highest BCUT2D eigenvalue weighted by Crippen LogP contribution is 2.33. The maximum atomic E-state index is 14.8. The van der Waals surface area contributed by atoms with Crippen LogP contribution in [-0.2, 0) is 11.0 Å². The van der Waals surface area contributed by atoms with Gasteiger partial charge in [0.25, 0.3) is 5.91 Å². The number of fused-ring (bicyclic) bond motifs is 3. The minimum Gasteiger partial charge on any atom is -0.352 e. The highest BCUT2D eigenvalue weighted by molar-refractivity contribution is 14.1. The number of amides is 1. The molecule has 0 saturated carbocycles. The number of benzene rings is 3. The van der Waals surface area contributed by atoms with Gasteiger partial charge in [-0.25, -0.2) is 14.4 Å². The number of alkyl halides is 1. The Morgan fingerprint density at radius 2 is 1.82 bits per heavy atom. The minimum absolute atomic E-state index is 0.105. The second kappa shape index (κ2) is 12.4. The fourth-order valence-electron chi connectivity index (χ4n) is 4.43. The first-order valence-corrected chi connectivity index (χ1v) is 14.2. The normalized spacial score (nSPS) is 12.1. The molecule has 0 radical (unpaired) electrons. The molecule has 1 amide bonds. The molecule has 2 heterocycles. The zero-order valence-corrected chi connectivity index (χ0v) is 23.6. The summed E-state index contributed by atoms with van der Waals surface area (Å²) in [6.45, 7) is 1.81. The van der Waals surface area contributed by atoms with E-state index in [4.69, 9.17) is 9.98 Å². The summed E-state index contributed by atoms with van der Waals surface area (Å²) in [5, 5.41) is 9.23. The van der Waals surface area contributed by atoms with Gasteiger partial charge in [-0.15, -0.1) is 0 Å². The van der Waals surface area contributed by atoms with Crippen LogP contribution < -0.4 is 16.0 Å². The van der Waals surface area contributed by atoms with Gasteiger partial charge in [-0.2, -0.15) is 0 Å². The monoisotopic (exact) mass is 634 g/mol. The van der Waals surface area contributed by atoms with E-state index < -0.39 is 0 Å². The number of nitrogens with zero attached hydrogens (tertiary/aromatic N) is 3. The number of aromatic nitrogens is 2. The summed E-state index contributed by atoms with van der Waals surface area (Å²) in [6, 6.07) is 20.1. The number of hydrogen-bond donors (Lipinski definition) is 3. The van der Waals surface area contributed by atoms with Crippen molar-refractivity contribution >= 4 is 45.8 Å². The van der Waals surface area contributed by atoms with E-state index >= 15 is 0 Å². The van der Waals surface area contributed by atoms with Gasteiger partial charge in [0, 0.05) is 50.7 Å². The first kappa shape index (κ1) is 26.9. The molecule has 3 aromatic carbocycles. The standard InChI is InChI=1S/C30H28FIN6O/c1-33-13-4-14-34-29(39)20-8-10-22(11-9-20)37-30-36-18-21-17-35-28(24-5-2-3-6-26(24)31)25-15-19(16-32)7-12-23(25)27(21)38-30/h2-3,5-12,15,18,33H,4,13-14,16-17H2,1H3,(H,34,39)(H,36,37,38). The third-order valence-electron chi connectivity index (χ3n) is 6.44. The molecule has 1 aliphatic heterocycles. The number of carbonyl (C=O) groups excluding carboxylic acids is 1. The SMILES string of the molecule is CNCCCNC(=O)c1ccc(Nc2ncc3c(n2)-c2ccc(CI)cc2C(c2ccccc2F)=NC3)cc1. The average molecular weight is 634 g/mol. The Balaban J connectivity index is 1.42. The number of aliphatic imine (C=N–C) groups is 1. The molecular formula is C30H28FIN6O. The molecule has 39 heavy (non-hydrogen) atoms. The first-order chi connectivity index (χ1) is 19.1. The van der Waals surface area contributed by atoms with Crippen molar-refractivity contribution in [2.45, 2.75) is 17.4 Å². The molecule has 7 nitrogen and oxygen atoms in total. The number of halogens is 2. The van der Waals surface area contributed by atoms with Crippen molar-refractivity contribution in [3.05, 3.63) is 107 Å². The summed E-state index contributed by atoms with van der Waals surface area (Å²) in [6.07, 6.45) is 2.63. The van der Waals surface area contributed by atoms with Gasteiger partial charge >= 0.3 is 0 Å². The molecule has 9 heteroatoms. The highest BCUT2D eigenvalue weighted by atomic mass is 127. The van der Waals surface area contributed by atoms with Gasteiger partial charge in [0.2, 0.25) is 5.95 Å². The Kier molecular flexibility index (Phi) is 8.58. The molecule has 3 N–H and O–H groups in total. The van der Waals surface area contributed by atoms with Crippen molar-refractivity contribution in [1.82, 2.24) is 20.6 Å². The molecule has 4 aromatic rings. The Bertz CT molecular complexity index is 1520. The minimum atomic E-state index is -0.309. The smallest absolute Gasteiger partial charge is 0.251 e. The lowest BCUT2D eigenvalue weighted by atomic mass is 9.93. The number of anilines is 2. The van der Waals surface area contributed by atoms with E-state index in [1.54, 1.807) is 30.5 Å². The zero-order valence-electron chi connectivity index (χ0n) is 21.5. The third kappa shape index (κ3) is 6.15. The summed E-state index contributed by atoms with van der Waals surface area (Å²) in [7, 11) is 1.89. The molecular weight excluding hydrogens is 606 g/mol. The summed E-state index contributed by atoms with van der Waals surface area (Å²) in [5.74, 6) is 0.0138. The van der Waals surface area contributed by atoms with Crippen LogP contribution in [0, 0.1) is 5.82 Å². The van der Waals surface area contributed by atoms with Gasteiger partial charge in [0.05, 0.1) is 18.0 Å². The largest absolute Gasteiger partial charge is 0.352 e. The molecule has 0 saturated heterocycles. The van der Waals surface area contributed by atoms with Gasteiger partial charge in [0.15, 0.2) is 0 Å². The van der Waals surface area contributed by atoms with Crippen molar-refractivity contribution in [2.24, 2.45) is 4.99 Å². The maximum absolute atomic E-state index is 14.8. The average Bonchev–Trinajstić information content (AvgIpc) is 3.12. The Morgan fingerprint density at radius 1 is 1.00 bits per heavy atom. The first-order valence-electron chi connectivity index (χ1n) is 12.7. The third-order valence-corrected chi connectivity index (χ3v) is 7.32. The summed E-state index contributed by atoms with van der Waals surface area (Å²) in [5.41, 5.74) is 6.91. The van der Waals surface area contributed by atoms with Crippen molar-refractivity contribution in [2.75, 3.05) is 25.5 Å². The topological polar surface area (TPSA) is 91.3 Å². The summed E-state index contributed by atoms with van der Waals surface area (Å²) < 4.78 is 15.7. The predicted molar refractivity (Wildman–Crippen MR) is 162 cm³/mol. The van der Waals surface area contributed by atoms with Crippen molar-refractivity contribution in [1.29, 1.82) is 0 Å². The molecule has 0 bridgehead atoms. The molecule has 1 aliphatic rings. The lowest BCUT2D eigenvalue weighted by Crippen LogP contribution is -2.26. The Hall–Kier alpha value is -3.70. The molecule has 0 unspecified atom stereocenters. The van der Waals surface area contributed by atoms with Crippen LogP contribution in [0.2, 0.25) is 0 Å². The van der Waals surface area contributed by atoms with Crippen LogP contribution in [0.5, 0.6) is 0 Å². The van der Waals surface area contributed by atoms with Gasteiger partial charge in [0.1, 0.15) is 5.82 Å². The van der Waals surface area contributed by atoms with E-state index in [-0.39, 0.29) is 11.7 Å². The van der Waals surface area contributed by atoms with E-state index in [1.807, 2.05) is 31.3 Å². The highest BCUT2D eigenvalue weighted by Gasteiger charge is 2.23. The molecule has 0 atom stereocenters. The second-order valence-electron chi connectivity index (χ2n) is 9.14. The number of carbonyl (C=O) groups is 1. The molecule has 1 aromatic heterocycles. The zero-order chi connectivity index (χ0) is 27.2. The van der Waals surface area contributed by atoms with E-state index in [1.165, 1.54) is 6.07 Å². The van der Waals surface area contributed by atoms with E-state index in [2.05, 4.69) is 55.7 Å². The van der Waals surface area contributed by atoms with Gasteiger partial charge in [-0.05, 0) is 68.0 Å². The van der Waals surface area contributed by atoms with E-state index in [0.29, 0.717) is 35.9 Å². The van der Waals surface area contributed by atoms with Crippen LogP contribution in [0.1, 0.15) is 39.0 Å². The quantitative estimate of drug-likeness (QED) is 0.126. The van der Waals surface area contributed by atoms with Crippen LogP contribution in [0.15, 0.2) is 77.9 Å². The van der Waals surface area contributed by atoms with Crippen LogP contribution in [0.4, 0.5) is 16.0 Å². The summed E-state index contributed by atoms with van der Waals surface area (Å²) in [4.78, 5) is 26.6. The van der Waals surface area contributed by atoms with Crippen LogP contribution >= 0.6 is 22.6 Å². The number of nitrogens with one attached hydrogen (secondary N) is 3. The lowest BCUT2D eigenvalue weighted by Gasteiger charge is -2.14. The fourth-order valence-corrected chi connectivity index (χ4v) is 4.90.